The number of rotatable bonds is 4. The van der Waals surface area contributed by atoms with Crippen molar-refractivity contribution < 1.29 is 17.6 Å². The van der Waals surface area contributed by atoms with Crippen LogP contribution < -0.4 is 0 Å². The first-order valence-electron chi connectivity index (χ1n) is 5.84. The summed E-state index contributed by atoms with van der Waals surface area (Å²) in [7, 11) is -3.58. The zero-order chi connectivity index (χ0) is 13.2. The molecule has 1 aromatic rings. The highest BCUT2D eigenvalue weighted by molar-refractivity contribution is 7.89. The third kappa shape index (κ3) is 2.56. The second-order valence-electron chi connectivity index (χ2n) is 4.11. The Morgan fingerprint density at radius 2 is 2.28 bits per heavy atom. The number of alkyl halides is 1. The third-order valence-electron chi connectivity index (χ3n) is 2.98. The summed E-state index contributed by atoms with van der Waals surface area (Å²) in [6.07, 6.45) is 0.711. The van der Waals surface area contributed by atoms with E-state index in [-0.39, 0.29) is 17.0 Å². The molecule has 2 rings (SSSR count). The van der Waals surface area contributed by atoms with Gasteiger partial charge in [-0.15, -0.1) is 11.6 Å². The Balaban J connectivity index is 2.28. The number of halogens is 1. The summed E-state index contributed by atoms with van der Waals surface area (Å²) >= 11 is 5.61. The van der Waals surface area contributed by atoms with E-state index in [9.17, 15) is 8.42 Å². The molecule has 1 atom stereocenters. The van der Waals surface area contributed by atoms with Crippen molar-refractivity contribution in [3.8, 4) is 0 Å². The summed E-state index contributed by atoms with van der Waals surface area (Å²) in [4.78, 5) is 0. The summed E-state index contributed by atoms with van der Waals surface area (Å²) < 4.78 is 36.8. The first kappa shape index (κ1) is 13.9. The van der Waals surface area contributed by atoms with Gasteiger partial charge in [0.1, 0.15) is 5.76 Å². The van der Waals surface area contributed by atoms with Gasteiger partial charge >= 0.3 is 0 Å². The van der Waals surface area contributed by atoms with Crippen LogP contribution in [0.15, 0.2) is 21.6 Å². The average molecular weight is 294 g/mol. The summed E-state index contributed by atoms with van der Waals surface area (Å²) in [6.45, 7) is 3.14. The number of furan rings is 1. The molecule has 1 aliphatic heterocycles. The van der Waals surface area contributed by atoms with Gasteiger partial charge in [0.05, 0.1) is 19.1 Å². The topological polar surface area (TPSA) is 59.8 Å². The lowest BCUT2D eigenvalue weighted by atomic mass is 10.2. The summed E-state index contributed by atoms with van der Waals surface area (Å²) in [5.74, 6) is 0.618. The first-order chi connectivity index (χ1) is 8.59. The molecule has 1 saturated heterocycles. The Hall–Kier alpha value is -0.560. The molecule has 0 N–H and O–H groups in total. The summed E-state index contributed by atoms with van der Waals surface area (Å²) in [5, 5.41) is -0.0431. The van der Waals surface area contributed by atoms with Gasteiger partial charge in [-0.25, -0.2) is 8.42 Å². The lowest BCUT2D eigenvalue weighted by Gasteiger charge is -2.33. The van der Waals surface area contributed by atoms with Crippen LogP contribution in [0.5, 0.6) is 0 Å². The summed E-state index contributed by atoms with van der Waals surface area (Å²) in [5.41, 5.74) is 0. The normalized spacial score (nSPS) is 22.2. The maximum Gasteiger partial charge on any atom is 0.276 e. The lowest BCUT2D eigenvalue weighted by Crippen LogP contribution is -2.48. The molecule has 0 saturated carbocycles. The van der Waals surface area contributed by atoms with Gasteiger partial charge in [-0.05, 0) is 18.6 Å². The smallest absolute Gasteiger partial charge is 0.276 e. The molecule has 0 spiro atoms. The molecule has 0 amide bonds. The minimum Gasteiger partial charge on any atom is -0.447 e. The fraction of sp³-hybridized carbons (Fsp3) is 0.636. The second kappa shape index (κ2) is 5.61. The Morgan fingerprint density at radius 3 is 2.89 bits per heavy atom. The number of morpholine rings is 1. The van der Waals surface area contributed by atoms with E-state index >= 15 is 0 Å². The Kier molecular flexibility index (Phi) is 4.32. The van der Waals surface area contributed by atoms with E-state index < -0.39 is 10.0 Å². The van der Waals surface area contributed by atoms with Crippen molar-refractivity contribution in [1.29, 1.82) is 0 Å². The number of ether oxygens (including phenoxy) is 1. The monoisotopic (exact) mass is 293 g/mol. The van der Waals surface area contributed by atoms with Crippen molar-refractivity contribution in [3.63, 3.8) is 0 Å². The van der Waals surface area contributed by atoms with Crippen LogP contribution in [0.3, 0.4) is 0 Å². The van der Waals surface area contributed by atoms with Gasteiger partial charge in [0.25, 0.3) is 10.0 Å². The molecule has 1 unspecified atom stereocenters. The van der Waals surface area contributed by atoms with Crippen LogP contribution in [-0.2, 0) is 20.6 Å². The third-order valence-corrected chi connectivity index (χ3v) is 5.07. The Morgan fingerprint density at radius 1 is 1.50 bits per heavy atom. The minimum atomic E-state index is -3.58. The van der Waals surface area contributed by atoms with Crippen molar-refractivity contribution >= 4 is 21.6 Å². The predicted octanol–water partition coefficient (Wildman–Crippen LogP) is 1.82. The van der Waals surface area contributed by atoms with Crippen LogP contribution in [0, 0.1) is 0 Å². The van der Waals surface area contributed by atoms with Crippen LogP contribution in [-0.4, -0.2) is 38.5 Å². The molecule has 1 aliphatic rings. The standard InChI is InChI=1S/C11H16ClNO4S/c1-2-9-8-16-6-5-13(9)18(14,15)11-4-3-10(7-12)17-11/h3-4,9H,2,5-8H2,1H3. The first-order valence-corrected chi connectivity index (χ1v) is 7.81. The molecule has 0 aromatic carbocycles. The fourth-order valence-corrected chi connectivity index (χ4v) is 3.71. The predicted molar refractivity (Wildman–Crippen MR) is 67.1 cm³/mol. The number of hydrogen-bond donors (Lipinski definition) is 0. The Bertz CT molecular complexity index is 499. The molecule has 18 heavy (non-hydrogen) atoms. The van der Waals surface area contributed by atoms with Crippen LogP contribution >= 0.6 is 11.6 Å². The maximum absolute atomic E-state index is 12.4. The van der Waals surface area contributed by atoms with E-state index in [1.165, 1.54) is 10.4 Å². The van der Waals surface area contributed by atoms with E-state index in [1.54, 1.807) is 6.07 Å². The van der Waals surface area contributed by atoms with Crippen LogP contribution in [0.4, 0.5) is 0 Å². The maximum atomic E-state index is 12.4. The van der Waals surface area contributed by atoms with Crippen molar-refractivity contribution in [2.24, 2.45) is 0 Å². The van der Waals surface area contributed by atoms with Crippen molar-refractivity contribution in [1.82, 2.24) is 4.31 Å². The van der Waals surface area contributed by atoms with Crippen molar-refractivity contribution in [3.05, 3.63) is 17.9 Å². The van der Waals surface area contributed by atoms with Gasteiger partial charge in [0, 0.05) is 12.6 Å². The van der Waals surface area contributed by atoms with Crippen LogP contribution in [0.1, 0.15) is 19.1 Å². The zero-order valence-corrected chi connectivity index (χ0v) is 11.7. The molecule has 0 bridgehead atoms. The molecule has 102 valence electrons. The SMILES string of the molecule is CCC1COCCN1S(=O)(=O)c1ccc(CCl)o1. The molecule has 2 heterocycles. The molecular weight excluding hydrogens is 278 g/mol. The van der Waals surface area contributed by atoms with Crippen molar-refractivity contribution in [2.75, 3.05) is 19.8 Å². The van der Waals surface area contributed by atoms with E-state index in [4.69, 9.17) is 20.8 Å². The minimum absolute atomic E-state index is 0.0431. The zero-order valence-electron chi connectivity index (χ0n) is 10.1. The summed E-state index contributed by atoms with van der Waals surface area (Å²) in [6, 6.07) is 2.91. The molecule has 7 heteroatoms. The van der Waals surface area contributed by atoms with Gasteiger partial charge in [-0.2, -0.15) is 4.31 Å². The van der Waals surface area contributed by atoms with Gasteiger partial charge in [0.15, 0.2) is 0 Å². The quantitative estimate of drug-likeness (QED) is 0.795. The van der Waals surface area contributed by atoms with E-state index in [2.05, 4.69) is 0 Å². The average Bonchev–Trinajstić information content (AvgIpc) is 2.88. The highest BCUT2D eigenvalue weighted by atomic mass is 35.5. The number of sulfonamides is 1. The second-order valence-corrected chi connectivity index (χ2v) is 6.20. The fourth-order valence-electron chi connectivity index (χ4n) is 1.96. The van der Waals surface area contributed by atoms with Gasteiger partial charge < -0.3 is 9.15 Å². The highest BCUT2D eigenvalue weighted by Crippen LogP contribution is 2.24. The van der Waals surface area contributed by atoms with Crippen LogP contribution in [0.2, 0.25) is 0 Å². The van der Waals surface area contributed by atoms with Gasteiger partial charge in [-0.1, -0.05) is 6.92 Å². The van der Waals surface area contributed by atoms with E-state index in [1.807, 2.05) is 6.92 Å². The van der Waals surface area contributed by atoms with Gasteiger partial charge in [-0.3, -0.25) is 0 Å². The largest absolute Gasteiger partial charge is 0.447 e. The highest BCUT2D eigenvalue weighted by Gasteiger charge is 2.35. The number of hydrogen-bond acceptors (Lipinski definition) is 4. The molecular formula is C11H16ClNO4S. The Labute approximate surface area is 112 Å². The molecule has 1 fully saturated rings. The van der Waals surface area contributed by atoms with E-state index in [0.717, 1.165) is 0 Å². The number of nitrogens with zero attached hydrogens (tertiary/aromatic N) is 1. The molecule has 5 nitrogen and oxygen atoms in total. The van der Waals surface area contributed by atoms with Crippen molar-refractivity contribution in [2.45, 2.75) is 30.4 Å². The molecule has 0 aliphatic carbocycles. The molecule has 0 radical (unpaired) electrons. The van der Waals surface area contributed by atoms with E-state index in [0.29, 0.717) is 31.9 Å². The van der Waals surface area contributed by atoms with Crippen LogP contribution in [0.25, 0.3) is 0 Å². The molecule has 1 aromatic heterocycles. The van der Waals surface area contributed by atoms with Gasteiger partial charge in [0.2, 0.25) is 5.09 Å². The lowest BCUT2D eigenvalue weighted by molar-refractivity contribution is 0.0308.